The van der Waals surface area contributed by atoms with Crippen molar-refractivity contribution >= 4 is 23.1 Å². The van der Waals surface area contributed by atoms with Crippen LogP contribution < -0.4 is 0 Å². The van der Waals surface area contributed by atoms with Crippen LogP contribution in [0, 0.1) is 18.1 Å². The van der Waals surface area contributed by atoms with Crippen molar-refractivity contribution in [2.75, 3.05) is 0 Å². The van der Waals surface area contributed by atoms with Crippen molar-refractivity contribution in [2.24, 2.45) is 0 Å². The fraction of sp³-hybridized carbons (Fsp3) is 0.100. The molecule has 1 unspecified atom stereocenters. The number of thiophene rings is 1. The van der Waals surface area contributed by atoms with Gasteiger partial charge in [-0.2, -0.15) is 0 Å². The highest BCUT2D eigenvalue weighted by molar-refractivity contribution is 8.03. The van der Waals surface area contributed by atoms with E-state index in [9.17, 15) is 0 Å². The number of hydrogen-bond acceptors (Lipinski definition) is 2. The Morgan fingerprint density at radius 2 is 1.55 bits per heavy atom. The van der Waals surface area contributed by atoms with E-state index in [1.165, 1.54) is 20.2 Å². The Morgan fingerprint density at radius 1 is 0.864 bits per heavy atom. The maximum absolute atomic E-state index is 3.44. The van der Waals surface area contributed by atoms with Crippen molar-refractivity contribution in [3.63, 3.8) is 0 Å². The highest BCUT2D eigenvalue weighted by Crippen LogP contribution is 2.30. The minimum atomic E-state index is 0.149. The fourth-order valence-corrected chi connectivity index (χ4v) is 3.75. The molecular formula is C20H16S2. The van der Waals surface area contributed by atoms with Gasteiger partial charge in [-0.3, -0.25) is 0 Å². The average Bonchev–Trinajstić information content (AvgIpc) is 2.99. The first kappa shape index (κ1) is 15.0. The van der Waals surface area contributed by atoms with Gasteiger partial charge in [-0.05, 0) is 53.8 Å². The van der Waals surface area contributed by atoms with Gasteiger partial charge in [0, 0.05) is 14.6 Å². The van der Waals surface area contributed by atoms with E-state index in [0.717, 1.165) is 0 Å². The molecule has 1 aromatic heterocycles. The van der Waals surface area contributed by atoms with Crippen LogP contribution in [0.5, 0.6) is 0 Å². The van der Waals surface area contributed by atoms with E-state index in [1.807, 2.05) is 35.6 Å². The molecule has 0 saturated heterocycles. The van der Waals surface area contributed by atoms with Crippen LogP contribution >= 0.6 is 23.1 Å². The number of hydrogen-bond donors (Lipinski definition) is 0. The van der Waals surface area contributed by atoms with E-state index in [2.05, 4.69) is 66.6 Å². The van der Waals surface area contributed by atoms with E-state index < -0.39 is 0 Å². The standard InChI is InChI=1S/C20H16S2/c1-16-12-13-20(22-16)19(17-8-4-2-5-9-17)14-15-21-18-10-6-3-7-11-18/h2-13,19H,1H3. The van der Waals surface area contributed by atoms with E-state index >= 15 is 0 Å². The van der Waals surface area contributed by atoms with Gasteiger partial charge < -0.3 is 0 Å². The van der Waals surface area contributed by atoms with Crippen LogP contribution in [0.3, 0.4) is 0 Å². The molecule has 0 aliphatic heterocycles. The lowest BCUT2D eigenvalue weighted by Gasteiger charge is -2.08. The summed E-state index contributed by atoms with van der Waals surface area (Å²) in [5.74, 6) is 3.59. The number of aryl methyl sites for hydroxylation is 1. The summed E-state index contributed by atoms with van der Waals surface area (Å²) in [6.07, 6.45) is 0. The van der Waals surface area contributed by atoms with Crippen LogP contribution in [0.25, 0.3) is 0 Å². The Balaban J connectivity index is 1.87. The maximum atomic E-state index is 3.44. The molecule has 0 bridgehead atoms. The molecule has 0 nitrogen and oxygen atoms in total. The molecule has 1 heterocycles. The molecule has 2 heteroatoms. The summed E-state index contributed by atoms with van der Waals surface area (Å²) in [6.45, 7) is 2.14. The third-order valence-electron chi connectivity index (χ3n) is 3.29. The first-order valence-corrected chi connectivity index (χ1v) is 8.80. The van der Waals surface area contributed by atoms with E-state index in [4.69, 9.17) is 0 Å². The number of rotatable bonds is 3. The zero-order valence-electron chi connectivity index (χ0n) is 12.3. The van der Waals surface area contributed by atoms with Gasteiger partial charge in [0.2, 0.25) is 0 Å². The van der Waals surface area contributed by atoms with Crippen molar-refractivity contribution in [1.29, 1.82) is 0 Å². The van der Waals surface area contributed by atoms with Gasteiger partial charge in [-0.15, -0.1) is 11.3 Å². The second kappa shape index (κ2) is 7.35. The second-order valence-electron chi connectivity index (χ2n) is 4.95. The molecule has 0 saturated carbocycles. The summed E-state index contributed by atoms with van der Waals surface area (Å²) >= 11 is 3.41. The Labute approximate surface area is 140 Å². The molecule has 0 amide bonds. The summed E-state index contributed by atoms with van der Waals surface area (Å²) in [5.41, 5.74) is 1.26. The van der Waals surface area contributed by atoms with Gasteiger partial charge in [0.1, 0.15) is 0 Å². The smallest absolute Gasteiger partial charge is 0.0804 e. The molecule has 0 aliphatic carbocycles. The van der Waals surface area contributed by atoms with Crippen molar-refractivity contribution in [1.82, 2.24) is 0 Å². The highest BCUT2D eigenvalue weighted by Gasteiger charge is 2.12. The quantitative estimate of drug-likeness (QED) is 0.425. The zero-order valence-corrected chi connectivity index (χ0v) is 14.0. The van der Waals surface area contributed by atoms with Crippen molar-refractivity contribution < 1.29 is 0 Å². The third kappa shape index (κ3) is 3.82. The normalized spacial score (nSPS) is 11.5. The molecule has 2 aromatic carbocycles. The molecular weight excluding hydrogens is 304 g/mol. The van der Waals surface area contributed by atoms with E-state index in [-0.39, 0.29) is 5.92 Å². The molecule has 0 N–H and O–H groups in total. The zero-order chi connectivity index (χ0) is 15.2. The topological polar surface area (TPSA) is 0 Å². The molecule has 0 spiro atoms. The molecule has 0 radical (unpaired) electrons. The molecule has 3 rings (SSSR count). The van der Waals surface area contributed by atoms with Crippen LogP contribution in [0.4, 0.5) is 0 Å². The van der Waals surface area contributed by atoms with Crippen molar-refractivity contribution in [3.05, 3.63) is 88.1 Å². The Kier molecular flexibility index (Phi) is 5.00. The SMILES string of the molecule is Cc1ccc(C(C#CSc2ccccc2)c2ccccc2)s1. The predicted molar refractivity (Wildman–Crippen MR) is 97.4 cm³/mol. The summed E-state index contributed by atoms with van der Waals surface area (Å²) in [5, 5.41) is 3.28. The van der Waals surface area contributed by atoms with Crippen LogP contribution in [-0.4, -0.2) is 0 Å². The summed E-state index contributed by atoms with van der Waals surface area (Å²) in [7, 11) is 0. The first-order chi connectivity index (χ1) is 10.8. The Bertz CT molecular complexity index is 777. The van der Waals surface area contributed by atoms with Crippen LogP contribution in [-0.2, 0) is 0 Å². The molecule has 1 atom stereocenters. The fourth-order valence-electron chi connectivity index (χ4n) is 2.21. The van der Waals surface area contributed by atoms with Gasteiger partial charge in [-0.25, -0.2) is 0 Å². The average molecular weight is 320 g/mol. The third-order valence-corrected chi connectivity index (χ3v) is 5.09. The van der Waals surface area contributed by atoms with Crippen LogP contribution in [0.1, 0.15) is 21.2 Å². The lowest BCUT2D eigenvalue weighted by molar-refractivity contribution is 1.10. The van der Waals surface area contributed by atoms with Gasteiger partial charge in [0.25, 0.3) is 0 Å². The van der Waals surface area contributed by atoms with Gasteiger partial charge in [0.15, 0.2) is 0 Å². The summed E-state index contributed by atoms with van der Waals surface area (Å²) in [6, 6.07) is 25.2. The lowest BCUT2D eigenvalue weighted by Crippen LogP contribution is -1.94. The molecule has 22 heavy (non-hydrogen) atoms. The lowest BCUT2D eigenvalue weighted by atomic mass is 9.98. The highest BCUT2D eigenvalue weighted by atomic mass is 32.2. The maximum Gasteiger partial charge on any atom is 0.0804 e. The van der Waals surface area contributed by atoms with Crippen molar-refractivity contribution in [2.45, 2.75) is 17.7 Å². The van der Waals surface area contributed by atoms with Gasteiger partial charge in [-0.1, -0.05) is 54.5 Å². The van der Waals surface area contributed by atoms with Gasteiger partial charge in [0.05, 0.1) is 5.92 Å². The molecule has 108 valence electrons. The minimum absolute atomic E-state index is 0.149. The summed E-state index contributed by atoms with van der Waals surface area (Å²) < 4.78 is 0. The Hall–Kier alpha value is -1.95. The molecule has 0 aliphatic rings. The van der Waals surface area contributed by atoms with E-state index in [1.54, 1.807) is 11.8 Å². The molecule has 0 fully saturated rings. The van der Waals surface area contributed by atoms with Crippen LogP contribution in [0.2, 0.25) is 0 Å². The molecule has 3 aromatic rings. The number of thioether (sulfide) groups is 1. The Morgan fingerprint density at radius 3 is 2.18 bits per heavy atom. The van der Waals surface area contributed by atoms with Crippen LogP contribution in [0.15, 0.2) is 77.7 Å². The second-order valence-corrected chi connectivity index (χ2v) is 7.15. The monoisotopic (exact) mass is 320 g/mol. The van der Waals surface area contributed by atoms with Crippen molar-refractivity contribution in [3.8, 4) is 11.2 Å². The minimum Gasteiger partial charge on any atom is -0.144 e. The predicted octanol–water partition coefficient (Wildman–Crippen LogP) is 5.94. The first-order valence-electron chi connectivity index (χ1n) is 7.16. The van der Waals surface area contributed by atoms with Gasteiger partial charge >= 0.3 is 0 Å². The largest absolute Gasteiger partial charge is 0.144 e. The van der Waals surface area contributed by atoms with E-state index in [0.29, 0.717) is 0 Å². The number of benzene rings is 2. The summed E-state index contributed by atoms with van der Waals surface area (Å²) in [4.78, 5) is 3.82.